The predicted octanol–water partition coefficient (Wildman–Crippen LogP) is 2.91. The van der Waals surface area contributed by atoms with E-state index >= 15 is 0 Å². The average Bonchev–Trinajstić information content (AvgIpc) is 2.47. The molecule has 0 atom stereocenters. The summed E-state index contributed by atoms with van der Waals surface area (Å²) in [5, 5.41) is 0. The fourth-order valence-corrected chi connectivity index (χ4v) is 1.80. The molecule has 2 rings (SSSR count). The maximum atomic E-state index is 13.5. The SMILES string of the molecule is COC(=O)c1c(N)cccc1OCc1cc(F)ccc1F. The van der Waals surface area contributed by atoms with Crippen LogP contribution in [0.1, 0.15) is 15.9 Å². The standard InChI is InChI=1S/C15H13F2NO3/c1-20-15(19)14-12(18)3-2-4-13(14)21-8-9-7-10(16)5-6-11(9)17/h2-7H,8,18H2,1H3. The number of nitrogens with two attached hydrogens (primary N) is 1. The second-order valence-corrected chi connectivity index (χ2v) is 4.24. The van der Waals surface area contributed by atoms with Crippen molar-refractivity contribution in [2.75, 3.05) is 12.8 Å². The number of hydrogen-bond acceptors (Lipinski definition) is 4. The molecular weight excluding hydrogens is 280 g/mol. The lowest BCUT2D eigenvalue weighted by Gasteiger charge is -2.12. The van der Waals surface area contributed by atoms with Gasteiger partial charge in [-0.2, -0.15) is 0 Å². The Balaban J connectivity index is 2.26. The molecule has 110 valence electrons. The fourth-order valence-electron chi connectivity index (χ4n) is 1.80. The second kappa shape index (κ2) is 6.21. The number of methoxy groups -OCH3 is 1. The number of carbonyl (C=O) groups excluding carboxylic acids is 1. The van der Waals surface area contributed by atoms with Crippen molar-refractivity contribution in [2.45, 2.75) is 6.61 Å². The van der Waals surface area contributed by atoms with E-state index in [4.69, 9.17) is 10.5 Å². The van der Waals surface area contributed by atoms with Gasteiger partial charge in [-0.15, -0.1) is 0 Å². The van der Waals surface area contributed by atoms with Crippen LogP contribution >= 0.6 is 0 Å². The molecule has 21 heavy (non-hydrogen) atoms. The Kier molecular flexibility index (Phi) is 4.37. The quantitative estimate of drug-likeness (QED) is 0.695. The van der Waals surface area contributed by atoms with E-state index in [1.165, 1.54) is 19.2 Å². The van der Waals surface area contributed by atoms with Gasteiger partial charge in [0.15, 0.2) is 0 Å². The van der Waals surface area contributed by atoms with E-state index in [1.54, 1.807) is 6.07 Å². The number of rotatable bonds is 4. The molecule has 0 amide bonds. The van der Waals surface area contributed by atoms with Crippen molar-refractivity contribution >= 4 is 11.7 Å². The van der Waals surface area contributed by atoms with Crippen LogP contribution in [-0.4, -0.2) is 13.1 Å². The topological polar surface area (TPSA) is 61.5 Å². The molecule has 0 saturated heterocycles. The van der Waals surface area contributed by atoms with Crippen molar-refractivity contribution in [3.8, 4) is 5.75 Å². The third kappa shape index (κ3) is 3.28. The van der Waals surface area contributed by atoms with Gasteiger partial charge in [-0.25, -0.2) is 13.6 Å². The van der Waals surface area contributed by atoms with Crippen LogP contribution < -0.4 is 10.5 Å². The molecule has 2 N–H and O–H groups in total. The van der Waals surface area contributed by atoms with Gasteiger partial charge < -0.3 is 15.2 Å². The molecule has 0 fully saturated rings. The Labute approximate surface area is 120 Å². The van der Waals surface area contributed by atoms with Gasteiger partial charge in [-0.1, -0.05) is 6.07 Å². The molecule has 0 aromatic heterocycles. The fraction of sp³-hybridized carbons (Fsp3) is 0.133. The van der Waals surface area contributed by atoms with Gasteiger partial charge in [-0.05, 0) is 30.3 Å². The normalized spacial score (nSPS) is 10.2. The van der Waals surface area contributed by atoms with Crippen LogP contribution in [0.25, 0.3) is 0 Å². The predicted molar refractivity (Wildman–Crippen MR) is 72.9 cm³/mol. The summed E-state index contributed by atoms with van der Waals surface area (Å²) in [6.07, 6.45) is 0. The maximum Gasteiger partial charge on any atom is 0.343 e. The van der Waals surface area contributed by atoms with Crippen molar-refractivity contribution < 1.29 is 23.0 Å². The molecular formula is C15H13F2NO3. The lowest BCUT2D eigenvalue weighted by molar-refractivity contribution is 0.0597. The lowest BCUT2D eigenvalue weighted by atomic mass is 10.1. The summed E-state index contributed by atoms with van der Waals surface area (Å²) < 4.78 is 36.6. The number of halogens is 2. The highest BCUT2D eigenvalue weighted by Gasteiger charge is 2.17. The van der Waals surface area contributed by atoms with Crippen LogP contribution in [0, 0.1) is 11.6 Å². The van der Waals surface area contributed by atoms with Crippen LogP contribution in [0.2, 0.25) is 0 Å². The minimum atomic E-state index is -0.664. The summed E-state index contributed by atoms with van der Waals surface area (Å²) in [6.45, 7) is -0.239. The first-order chi connectivity index (χ1) is 10.0. The molecule has 0 spiro atoms. The molecule has 6 heteroatoms. The van der Waals surface area contributed by atoms with E-state index < -0.39 is 17.6 Å². The minimum absolute atomic E-state index is 0.0354. The molecule has 0 aliphatic heterocycles. The van der Waals surface area contributed by atoms with E-state index in [0.717, 1.165) is 18.2 Å². The number of nitrogen functional groups attached to an aromatic ring is 1. The Morgan fingerprint density at radius 1 is 1.24 bits per heavy atom. The number of carbonyl (C=O) groups is 1. The molecule has 0 aliphatic rings. The molecule has 0 unspecified atom stereocenters. The molecule has 2 aromatic rings. The van der Waals surface area contributed by atoms with Crippen LogP contribution in [0.4, 0.5) is 14.5 Å². The molecule has 0 saturated carbocycles. The minimum Gasteiger partial charge on any atom is -0.488 e. The third-order valence-electron chi connectivity index (χ3n) is 2.84. The number of benzene rings is 2. The summed E-state index contributed by atoms with van der Waals surface area (Å²) >= 11 is 0. The Morgan fingerprint density at radius 3 is 2.71 bits per heavy atom. The molecule has 0 heterocycles. The Hall–Kier alpha value is -2.63. The Bertz CT molecular complexity index is 674. The monoisotopic (exact) mass is 293 g/mol. The number of hydrogen-bond donors (Lipinski definition) is 1. The van der Waals surface area contributed by atoms with Gasteiger partial charge in [-0.3, -0.25) is 0 Å². The summed E-state index contributed by atoms with van der Waals surface area (Å²) in [4.78, 5) is 11.7. The summed E-state index contributed by atoms with van der Waals surface area (Å²) in [5.74, 6) is -1.69. The van der Waals surface area contributed by atoms with Crippen molar-refractivity contribution in [1.29, 1.82) is 0 Å². The zero-order valence-electron chi connectivity index (χ0n) is 11.2. The second-order valence-electron chi connectivity index (χ2n) is 4.24. The maximum absolute atomic E-state index is 13.5. The largest absolute Gasteiger partial charge is 0.488 e. The summed E-state index contributed by atoms with van der Waals surface area (Å²) in [6, 6.07) is 7.65. The molecule has 4 nitrogen and oxygen atoms in total. The summed E-state index contributed by atoms with van der Waals surface area (Å²) in [7, 11) is 1.21. The van der Waals surface area contributed by atoms with Gasteiger partial charge in [0.1, 0.15) is 29.6 Å². The first-order valence-corrected chi connectivity index (χ1v) is 6.06. The van der Waals surface area contributed by atoms with Crippen LogP contribution in [0.3, 0.4) is 0 Å². The number of ether oxygens (including phenoxy) is 2. The van der Waals surface area contributed by atoms with Crippen molar-refractivity contribution in [2.24, 2.45) is 0 Å². The average molecular weight is 293 g/mol. The van der Waals surface area contributed by atoms with Crippen LogP contribution in [0.5, 0.6) is 5.75 Å². The highest BCUT2D eigenvalue weighted by atomic mass is 19.1. The van der Waals surface area contributed by atoms with Crippen LogP contribution in [-0.2, 0) is 11.3 Å². The van der Waals surface area contributed by atoms with Crippen molar-refractivity contribution in [3.63, 3.8) is 0 Å². The molecule has 0 radical (unpaired) electrons. The first-order valence-electron chi connectivity index (χ1n) is 6.06. The van der Waals surface area contributed by atoms with E-state index in [1.807, 2.05) is 0 Å². The highest BCUT2D eigenvalue weighted by molar-refractivity contribution is 5.98. The molecule has 0 bridgehead atoms. The number of anilines is 1. The van der Waals surface area contributed by atoms with E-state index in [9.17, 15) is 13.6 Å². The molecule has 2 aromatic carbocycles. The smallest absolute Gasteiger partial charge is 0.343 e. The lowest BCUT2D eigenvalue weighted by Crippen LogP contribution is -2.09. The third-order valence-corrected chi connectivity index (χ3v) is 2.84. The van der Waals surface area contributed by atoms with E-state index in [2.05, 4.69) is 4.74 Å². The summed E-state index contributed by atoms with van der Waals surface area (Å²) in [5.41, 5.74) is 5.97. The Morgan fingerprint density at radius 2 is 2.00 bits per heavy atom. The van der Waals surface area contributed by atoms with Gasteiger partial charge in [0.2, 0.25) is 0 Å². The van der Waals surface area contributed by atoms with Gasteiger partial charge in [0.05, 0.1) is 7.11 Å². The molecule has 0 aliphatic carbocycles. The zero-order chi connectivity index (χ0) is 15.4. The first kappa shape index (κ1) is 14.8. The van der Waals surface area contributed by atoms with Gasteiger partial charge >= 0.3 is 5.97 Å². The zero-order valence-corrected chi connectivity index (χ0v) is 11.2. The van der Waals surface area contributed by atoms with Gasteiger partial charge in [0, 0.05) is 11.3 Å². The van der Waals surface area contributed by atoms with Crippen molar-refractivity contribution in [1.82, 2.24) is 0 Å². The van der Waals surface area contributed by atoms with E-state index in [0.29, 0.717) is 0 Å². The number of esters is 1. The van der Waals surface area contributed by atoms with Crippen molar-refractivity contribution in [3.05, 3.63) is 59.2 Å². The van der Waals surface area contributed by atoms with Crippen LogP contribution in [0.15, 0.2) is 36.4 Å². The van der Waals surface area contributed by atoms with Gasteiger partial charge in [0.25, 0.3) is 0 Å². The van der Waals surface area contributed by atoms with E-state index in [-0.39, 0.29) is 29.2 Å². The highest BCUT2D eigenvalue weighted by Crippen LogP contribution is 2.26.